The maximum absolute atomic E-state index is 13.8. The van der Waals surface area contributed by atoms with Crippen molar-refractivity contribution in [3.63, 3.8) is 0 Å². The Morgan fingerprint density at radius 1 is 0.865 bits per heavy atom. The molecule has 3 amide bonds. The minimum Gasteiger partial charge on any atom is -0.327 e. The molecule has 1 saturated carbocycles. The van der Waals surface area contributed by atoms with E-state index in [0.29, 0.717) is 11.3 Å². The van der Waals surface area contributed by atoms with E-state index in [0.717, 1.165) is 49.0 Å². The number of amides is 3. The van der Waals surface area contributed by atoms with Gasteiger partial charge in [-0.25, -0.2) is 4.79 Å². The molecule has 1 fully saturated rings. The zero-order valence-corrected chi connectivity index (χ0v) is 22.1. The van der Waals surface area contributed by atoms with E-state index in [1.54, 1.807) is 17.8 Å². The Morgan fingerprint density at radius 2 is 1.51 bits per heavy atom. The molecule has 6 heteroatoms. The lowest BCUT2D eigenvalue weighted by Crippen LogP contribution is -2.54. The highest BCUT2D eigenvalue weighted by Crippen LogP contribution is 2.26. The highest BCUT2D eigenvalue weighted by molar-refractivity contribution is 7.98. The smallest absolute Gasteiger partial charge is 0.325 e. The van der Waals surface area contributed by atoms with Gasteiger partial charge in [-0.2, -0.15) is 11.8 Å². The molecule has 3 aromatic rings. The zero-order valence-electron chi connectivity index (χ0n) is 21.3. The van der Waals surface area contributed by atoms with Crippen molar-refractivity contribution < 1.29 is 14.4 Å². The van der Waals surface area contributed by atoms with E-state index in [2.05, 4.69) is 5.32 Å². The SMILES string of the molecule is CC(=O)[C@H](CSCc1ccccc1)NC(=O)N(C(=O)c1cccc(-c2ccccc2)c1)C1CCCCC1. The predicted octanol–water partition coefficient (Wildman–Crippen LogP) is 6.73. The van der Waals surface area contributed by atoms with Crippen LogP contribution in [0.15, 0.2) is 84.9 Å². The molecule has 1 aliphatic carbocycles. The summed E-state index contributed by atoms with van der Waals surface area (Å²) in [4.78, 5) is 41.2. The Kier molecular flexibility index (Phi) is 9.55. The monoisotopic (exact) mass is 514 g/mol. The fourth-order valence-electron chi connectivity index (χ4n) is 4.71. The Hall–Kier alpha value is -3.38. The van der Waals surface area contributed by atoms with Crippen molar-refractivity contribution in [3.05, 3.63) is 96.1 Å². The first-order chi connectivity index (χ1) is 18.0. The molecule has 0 aromatic heterocycles. The summed E-state index contributed by atoms with van der Waals surface area (Å²) in [5, 5.41) is 2.89. The maximum atomic E-state index is 13.8. The number of nitrogens with zero attached hydrogens (tertiary/aromatic N) is 1. The van der Waals surface area contributed by atoms with Gasteiger partial charge in [-0.1, -0.05) is 92.1 Å². The fraction of sp³-hybridized carbons (Fsp3) is 0.323. The molecule has 0 heterocycles. The number of ketones is 1. The van der Waals surface area contributed by atoms with Crippen LogP contribution in [0.1, 0.15) is 54.9 Å². The van der Waals surface area contributed by atoms with Gasteiger partial charge in [0.1, 0.15) is 0 Å². The second kappa shape index (κ2) is 13.2. The van der Waals surface area contributed by atoms with Crippen molar-refractivity contribution >= 4 is 29.5 Å². The first kappa shape index (κ1) is 26.7. The summed E-state index contributed by atoms with van der Waals surface area (Å²) in [6.07, 6.45) is 4.63. The predicted molar refractivity (Wildman–Crippen MR) is 151 cm³/mol. The van der Waals surface area contributed by atoms with Crippen LogP contribution < -0.4 is 5.32 Å². The fourth-order valence-corrected chi connectivity index (χ4v) is 5.81. The summed E-state index contributed by atoms with van der Waals surface area (Å²) < 4.78 is 0. The quantitative estimate of drug-likeness (QED) is 0.344. The summed E-state index contributed by atoms with van der Waals surface area (Å²) in [6.45, 7) is 1.49. The molecule has 1 N–H and O–H groups in total. The number of benzene rings is 3. The van der Waals surface area contributed by atoms with Crippen LogP contribution in [-0.2, 0) is 10.5 Å². The van der Waals surface area contributed by atoms with Crippen molar-refractivity contribution in [3.8, 4) is 11.1 Å². The van der Waals surface area contributed by atoms with Crippen LogP contribution in [-0.4, -0.2) is 40.5 Å². The molecule has 0 unspecified atom stereocenters. The van der Waals surface area contributed by atoms with Gasteiger partial charge < -0.3 is 5.32 Å². The molecule has 1 aliphatic rings. The largest absolute Gasteiger partial charge is 0.327 e. The third-order valence-electron chi connectivity index (χ3n) is 6.78. The highest BCUT2D eigenvalue weighted by Gasteiger charge is 2.33. The van der Waals surface area contributed by atoms with Crippen molar-refractivity contribution in [2.45, 2.75) is 56.9 Å². The summed E-state index contributed by atoms with van der Waals surface area (Å²) in [7, 11) is 0. The Bertz CT molecular complexity index is 1190. The lowest BCUT2D eigenvalue weighted by atomic mass is 9.93. The van der Waals surface area contributed by atoms with Gasteiger partial charge in [-0.05, 0) is 48.6 Å². The highest BCUT2D eigenvalue weighted by atomic mass is 32.2. The van der Waals surface area contributed by atoms with Gasteiger partial charge in [0.15, 0.2) is 5.78 Å². The van der Waals surface area contributed by atoms with E-state index in [-0.39, 0.29) is 17.7 Å². The number of carbonyl (C=O) groups is 3. The lowest BCUT2D eigenvalue weighted by Gasteiger charge is -2.34. The van der Waals surface area contributed by atoms with E-state index in [4.69, 9.17) is 0 Å². The van der Waals surface area contributed by atoms with E-state index in [9.17, 15) is 14.4 Å². The molecule has 0 spiro atoms. The number of rotatable bonds is 9. The molecular weight excluding hydrogens is 480 g/mol. The number of nitrogens with one attached hydrogen (secondary N) is 1. The van der Waals surface area contributed by atoms with Gasteiger partial charge >= 0.3 is 6.03 Å². The molecule has 192 valence electrons. The second-order valence-electron chi connectivity index (χ2n) is 9.53. The van der Waals surface area contributed by atoms with Crippen LogP contribution in [0.4, 0.5) is 4.79 Å². The number of urea groups is 1. The zero-order chi connectivity index (χ0) is 26.0. The maximum Gasteiger partial charge on any atom is 0.325 e. The molecule has 1 atom stereocenters. The van der Waals surface area contributed by atoms with Crippen LogP contribution in [0.2, 0.25) is 0 Å². The van der Waals surface area contributed by atoms with Crippen molar-refractivity contribution in [1.82, 2.24) is 10.2 Å². The standard InChI is InChI=1S/C31H34N2O3S/c1-23(34)29(22-37-21-24-12-5-2-6-13-24)32-31(36)33(28-18-9-4-10-19-28)30(35)27-17-11-16-26(20-27)25-14-7-3-8-15-25/h2-3,5-8,11-17,20,28-29H,4,9-10,18-19,21-22H2,1H3,(H,32,36)/t29-/m0/s1. The minimum absolute atomic E-state index is 0.115. The van der Waals surface area contributed by atoms with E-state index >= 15 is 0 Å². The summed E-state index contributed by atoms with van der Waals surface area (Å²) in [6, 6.07) is 26.0. The van der Waals surface area contributed by atoms with E-state index < -0.39 is 12.1 Å². The number of hydrogen-bond acceptors (Lipinski definition) is 4. The Morgan fingerprint density at radius 3 is 2.19 bits per heavy atom. The molecule has 0 radical (unpaired) electrons. The summed E-state index contributed by atoms with van der Waals surface area (Å²) in [5.41, 5.74) is 3.57. The lowest BCUT2D eigenvalue weighted by molar-refractivity contribution is -0.118. The number of carbonyl (C=O) groups excluding carboxylic acids is 3. The molecule has 0 aliphatic heterocycles. The normalized spacial score (nSPS) is 14.5. The molecule has 4 rings (SSSR count). The first-order valence-corrected chi connectivity index (χ1v) is 14.1. The van der Waals surface area contributed by atoms with Crippen LogP contribution >= 0.6 is 11.8 Å². The topological polar surface area (TPSA) is 66.5 Å². The van der Waals surface area contributed by atoms with Gasteiger partial charge in [0.25, 0.3) is 5.91 Å². The Labute approximate surface area is 223 Å². The summed E-state index contributed by atoms with van der Waals surface area (Å²) >= 11 is 1.60. The third-order valence-corrected chi connectivity index (χ3v) is 7.89. The molecule has 5 nitrogen and oxygen atoms in total. The molecule has 37 heavy (non-hydrogen) atoms. The molecule has 0 saturated heterocycles. The van der Waals surface area contributed by atoms with Crippen LogP contribution in [0, 0.1) is 0 Å². The van der Waals surface area contributed by atoms with Crippen molar-refractivity contribution in [2.24, 2.45) is 0 Å². The molecular formula is C31H34N2O3S. The number of imide groups is 1. The van der Waals surface area contributed by atoms with Gasteiger partial charge in [0.2, 0.25) is 0 Å². The van der Waals surface area contributed by atoms with Crippen LogP contribution in [0.5, 0.6) is 0 Å². The van der Waals surface area contributed by atoms with Gasteiger partial charge in [0.05, 0.1) is 6.04 Å². The number of Topliss-reactive ketones (excluding diaryl/α,β-unsaturated/α-hetero) is 1. The van der Waals surface area contributed by atoms with Crippen LogP contribution in [0.3, 0.4) is 0 Å². The number of hydrogen-bond donors (Lipinski definition) is 1. The molecule has 3 aromatic carbocycles. The average molecular weight is 515 g/mol. The minimum atomic E-state index is -0.657. The Balaban J connectivity index is 1.51. The van der Waals surface area contributed by atoms with E-state index in [1.807, 2.05) is 78.9 Å². The van der Waals surface area contributed by atoms with Crippen molar-refractivity contribution in [2.75, 3.05) is 5.75 Å². The van der Waals surface area contributed by atoms with Gasteiger partial charge in [0, 0.05) is 23.1 Å². The first-order valence-electron chi connectivity index (χ1n) is 12.9. The van der Waals surface area contributed by atoms with E-state index in [1.165, 1.54) is 17.4 Å². The van der Waals surface area contributed by atoms with Crippen molar-refractivity contribution in [1.29, 1.82) is 0 Å². The third kappa shape index (κ3) is 7.32. The van der Waals surface area contributed by atoms with Gasteiger partial charge in [-0.15, -0.1) is 0 Å². The molecule has 0 bridgehead atoms. The second-order valence-corrected chi connectivity index (χ2v) is 10.6. The number of thioether (sulfide) groups is 1. The summed E-state index contributed by atoms with van der Waals surface area (Å²) in [5.74, 6) is 0.766. The average Bonchev–Trinajstić information content (AvgIpc) is 2.94. The van der Waals surface area contributed by atoms with Crippen LogP contribution in [0.25, 0.3) is 11.1 Å². The van der Waals surface area contributed by atoms with Gasteiger partial charge in [-0.3, -0.25) is 14.5 Å².